The van der Waals surface area contributed by atoms with E-state index >= 15 is 0 Å². The number of rotatable bonds is 27. The molecule has 0 aliphatic carbocycles. The molecule has 0 bridgehead atoms. The van der Waals surface area contributed by atoms with Crippen LogP contribution in [0.4, 0.5) is 0 Å². The lowest BCUT2D eigenvalue weighted by atomic mass is 9.76. The first kappa shape index (κ1) is 64.3. The van der Waals surface area contributed by atoms with Gasteiger partial charge in [-0.25, -0.2) is 9.59 Å². The second kappa shape index (κ2) is 28.8. The van der Waals surface area contributed by atoms with Gasteiger partial charge in [0.1, 0.15) is 78.8 Å². The van der Waals surface area contributed by atoms with E-state index in [0.29, 0.717) is 21.8 Å². The number of nitrogens with zero attached hydrogens (tertiary/aromatic N) is 3. The van der Waals surface area contributed by atoms with Crippen LogP contribution in [0.15, 0.2) is 21.9 Å². The van der Waals surface area contributed by atoms with Gasteiger partial charge >= 0.3 is 29.6 Å². The number of amides is 1. The number of hydrogen-bond acceptors (Lipinski definition) is 23. The summed E-state index contributed by atoms with van der Waals surface area (Å²) in [6, 6.07) is -3.17. The summed E-state index contributed by atoms with van der Waals surface area (Å²) in [5.74, 6) is -5.39. The zero-order valence-corrected chi connectivity index (χ0v) is 46.0. The van der Waals surface area contributed by atoms with Crippen LogP contribution in [0.5, 0.6) is 0 Å². The van der Waals surface area contributed by atoms with Gasteiger partial charge in [-0.05, 0) is 38.6 Å². The molecule has 4 aliphatic rings. The second-order valence-corrected chi connectivity index (χ2v) is 21.5. The molecule has 0 aromatic carbocycles. The maximum absolute atomic E-state index is 14.8. The highest BCUT2D eigenvalue weighted by Crippen LogP contribution is 2.44. The molecule has 1 aromatic heterocycles. The lowest BCUT2D eigenvalue weighted by Gasteiger charge is -2.47. The molecule has 4 fully saturated rings. The number of aromatic nitrogens is 2. The normalized spacial score (nSPS) is 33.3. The van der Waals surface area contributed by atoms with Crippen molar-refractivity contribution in [1.82, 2.24) is 19.4 Å². The van der Waals surface area contributed by atoms with Crippen molar-refractivity contribution in [2.75, 3.05) is 48.5 Å². The van der Waals surface area contributed by atoms with Crippen LogP contribution in [0, 0.1) is 11.8 Å². The number of carboxylic acid groups (broad SMARTS) is 1. The predicted molar refractivity (Wildman–Crippen MR) is 270 cm³/mol. The topological polar surface area (TPSA) is 377 Å². The summed E-state index contributed by atoms with van der Waals surface area (Å²) in [6.45, 7) is 6.61. The number of methoxy groups -OCH3 is 3. The number of unbranched alkanes of at least 4 members (excludes halogenated alkanes) is 5. The van der Waals surface area contributed by atoms with E-state index in [0.717, 1.165) is 62.7 Å². The molecule has 4 aliphatic heterocycles. The number of carbonyl (C=O) groups excluding carboxylic acids is 4. The molecule has 0 radical (unpaired) electrons. The van der Waals surface area contributed by atoms with E-state index in [1.54, 1.807) is 13.8 Å². The average molecular weight is 1120 g/mol. The van der Waals surface area contributed by atoms with Crippen molar-refractivity contribution in [3.8, 4) is 0 Å². The molecule has 27 heteroatoms. The number of carboxylic acids is 1. The van der Waals surface area contributed by atoms with E-state index in [9.17, 15) is 64.2 Å². The number of ether oxygens (including phenoxy) is 9. The molecule has 11 unspecified atom stereocenters. The third kappa shape index (κ3) is 15.1. The molecule has 5 heterocycles. The van der Waals surface area contributed by atoms with Crippen LogP contribution in [-0.4, -0.2) is 232 Å². The van der Waals surface area contributed by atoms with Crippen molar-refractivity contribution in [3.63, 3.8) is 0 Å². The minimum absolute atomic E-state index is 0.198. The highest BCUT2D eigenvalue weighted by Gasteiger charge is 2.68. The Morgan fingerprint density at radius 3 is 1.92 bits per heavy atom. The summed E-state index contributed by atoms with van der Waals surface area (Å²) in [5, 5.41) is 69.1. The Labute approximate surface area is 452 Å². The molecule has 1 aromatic rings. The van der Waals surface area contributed by atoms with Crippen LogP contribution in [0.1, 0.15) is 105 Å². The lowest BCUT2D eigenvalue weighted by molar-refractivity contribution is -0.297. The van der Waals surface area contributed by atoms with Crippen LogP contribution in [0.2, 0.25) is 0 Å². The number of nitrogens with one attached hydrogen (secondary N) is 1. The Hall–Kier alpha value is -4.49. The van der Waals surface area contributed by atoms with Gasteiger partial charge in [0, 0.05) is 66.6 Å². The quantitative estimate of drug-likeness (QED) is 0.0276. The van der Waals surface area contributed by atoms with Crippen molar-refractivity contribution in [2.45, 2.75) is 208 Å². The van der Waals surface area contributed by atoms with Gasteiger partial charge in [-0.15, -0.1) is 0 Å². The van der Waals surface area contributed by atoms with Gasteiger partial charge in [0.15, 0.2) is 12.3 Å². The first-order chi connectivity index (χ1) is 36.8. The maximum atomic E-state index is 14.8. The number of aliphatic hydroxyl groups excluding tert-OH is 4. The Balaban J connectivity index is 1.36. The zero-order valence-electron chi connectivity index (χ0n) is 46.0. The first-order valence-electron chi connectivity index (χ1n) is 26.6. The molecule has 78 heavy (non-hydrogen) atoms. The van der Waals surface area contributed by atoms with E-state index in [1.807, 2.05) is 4.98 Å². The number of likely N-dealkylation sites (N-methyl/N-ethyl adjacent to an activating group) is 2. The van der Waals surface area contributed by atoms with Crippen molar-refractivity contribution >= 4 is 29.8 Å². The number of H-pyrrole nitrogens is 1. The molecule has 19 atom stereocenters. The van der Waals surface area contributed by atoms with Gasteiger partial charge in [-0.2, -0.15) is 0 Å². The molecule has 4 saturated heterocycles. The average Bonchev–Trinajstić information content (AvgIpc) is 4.01. The van der Waals surface area contributed by atoms with E-state index < -0.39 is 176 Å². The smallest absolute Gasteiger partial charge is 0.330 e. The number of aliphatic carboxylic acids is 1. The number of aromatic amines is 1. The van der Waals surface area contributed by atoms with Gasteiger partial charge in [-0.3, -0.25) is 38.4 Å². The summed E-state index contributed by atoms with van der Waals surface area (Å²) in [7, 11) is 6.64. The Morgan fingerprint density at radius 1 is 0.769 bits per heavy atom. The summed E-state index contributed by atoms with van der Waals surface area (Å²) in [4.78, 5) is 97.3. The molecule has 0 spiro atoms. The number of hydrogen-bond donors (Lipinski definition) is 8. The fourth-order valence-electron chi connectivity index (χ4n) is 11.1. The first-order valence-corrected chi connectivity index (χ1v) is 26.6. The van der Waals surface area contributed by atoms with E-state index in [-0.39, 0.29) is 19.3 Å². The van der Waals surface area contributed by atoms with Crippen molar-refractivity contribution in [1.29, 1.82) is 0 Å². The van der Waals surface area contributed by atoms with E-state index in [4.69, 9.17) is 48.4 Å². The molecule has 27 nitrogen and oxygen atoms in total. The second-order valence-electron chi connectivity index (χ2n) is 21.5. The van der Waals surface area contributed by atoms with Crippen molar-refractivity contribution < 1.29 is 97.2 Å². The molecular weight excluding hydrogens is 1030 g/mol. The number of aliphatic hydroxyl groups is 5. The highest BCUT2D eigenvalue weighted by atomic mass is 16.7. The molecule has 0 saturated carbocycles. The van der Waals surface area contributed by atoms with E-state index in [2.05, 4.69) is 13.8 Å². The van der Waals surface area contributed by atoms with Crippen molar-refractivity contribution in [3.05, 3.63) is 33.1 Å². The fraction of sp³-hybridized carbons (Fsp3) is 0.824. The molecule has 1 amide bonds. The Bertz CT molecular complexity index is 2270. The minimum atomic E-state index is -3.08. The van der Waals surface area contributed by atoms with Crippen LogP contribution in [-0.2, 0) is 66.6 Å². The maximum Gasteiger partial charge on any atom is 0.330 e. The third-order valence-corrected chi connectivity index (χ3v) is 15.2. The van der Waals surface area contributed by atoms with Crippen LogP contribution >= 0.6 is 0 Å². The number of esters is 3. The summed E-state index contributed by atoms with van der Waals surface area (Å²) in [5.41, 5.74) is 0.814. The highest BCUT2D eigenvalue weighted by molar-refractivity contribution is 5.89. The molecule has 5 rings (SSSR count). The monoisotopic (exact) mass is 1120 g/mol. The SMILES string of the molecule is COC1C(C)OC(OC(=O)CC(C)CC(=O)OC(CCCCCCCCC(C)C)CC(=O)OC2CN(C)C(C(O)([C@@H]3O[C@H](CN)[C@@H](O)[C@@H]3O)[C@H]3O[C@@H](n4ccc(=O)[nH]c4=O)[C@H](O)[C@@H]3O)C(=O)N(C)C2C(=O)O)C(OC)C1OC. The fourth-order valence-corrected chi connectivity index (χ4v) is 11.1. The van der Waals surface area contributed by atoms with Gasteiger partial charge in [0.2, 0.25) is 12.2 Å². The standard InChI is InChI=1S/C51H83N5O22/c1-25(2)16-14-12-10-11-13-15-17-28(74-32(58)20-26(3)21-33(59)77-49-42(72-9)41(71-8)40(70-7)27(4)73-49)22-34(60)75-30-24-54(5)43(46(65)55(6)35(30)48(66)67)51(69,44-37(62)36(61)29(23-52)76-44)45-38(63)39(64)47(78-45)56-19-18-31(57)53-50(56)68/h18-19,25-30,35-45,47,49,61-64,69H,10-17,20-24,52H2,1-9H3,(H,66,67)(H,53,57,68)/t26?,27?,28?,29-,30?,35?,36-,37+,38+,39-,40?,41?,42?,43?,44-,45+,47-,49?,51?/m1/s1. The molecule has 444 valence electrons. The molecule has 9 N–H and O–H groups in total. The largest absolute Gasteiger partial charge is 0.480 e. The van der Waals surface area contributed by atoms with Gasteiger partial charge in [-0.1, -0.05) is 59.3 Å². The number of carbonyl (C=O) groups is 5. The predicted octanol–water partition coefficient (Wildman–Crippen LogP) is -1.70. The summed E-state index contributed by atoms with van der Waals surface area (Å²) < 4.78 is 52.5. The summed E-state index contributed by atoms with van der Waals surface area (Å²) >= 11 is 0. The van der Waals surface area contributed by atoms with Crippen LogP contribution in [0.3, 0.4) is 0 Å². The van der Waals surface area contributed by atoms with E-state index in [1.165, 1.54) is 28.4 Å². The zero-order chi connectivity index (χ0) is 57.9. The Morgan fingerprint density at radius 2 is 1.35 bits per heavy atom. The lowest BCUT2D eigenvalue weighted by Crippen LogP contribution is -2.72. The number of nitrogens with two attached hydrogens (primary N) is 1. The Kier molecular flexibility index (Phi) is 23.7. The van der Waals surface area contributed by atoms with Crippen LogP contribution < -0.4 is 17.0 Å². The van der Waals surface area contributed by atoms with Gasteiger partial charge in [0.05, 0.1) is 18.6 Å². The molecular formula is C51H83N5O22. The van der Waals surface area contributed by atoms with Gasteiger partial charge < -0.3 is 83.9 Å². The minimum Gasteiger partial charge on any atom is -0.480 e. The van der Waals surface area contributed by atoms with Gasteiger partial charge in [0.25, 0.3) is 5.56 Å². The van der Waals surface area contributed by atoms with Crippen molar-refractivity contribution in [2.24, 2.45) is 17.6 Å². The van der Waals surface area contributed by atoms with Crippen LogP contribution in [0.25, 0.3) is 0 Å². The third-order valence-electron chi connectivity index (χ3n) is 15.2. The summed E-state index contributed by atoms with van der Waals surface area (Å²) in [6.07, 6.45) is -15.7.